The van der Waals surface area contributed by atoms with Crippen LogP contribution in [0.5, 0.6) is 5.75 Å². The number of ether oxygens (including phenoxy) is 1. The van der Waals surface area contributed by atoms with Gasteiger partial charge < -0.3 is 26.0 Å². The molecule has 0 unspecified atom stereocenters. The third-order valence-corrected chi connectivity index (χ3v) is 7.24. The van der Waals surface area contributed by atoms with Crippen molar-refractivity contribution in [1.82, 2.24) is 21.3 Å². The fourth-order valence-corrected chi connectivity index (χ4v) is 5.01. The first-order valence-electron chi connectivity index (χ1n) is 14.9. The molecule has 232 valence electrons. The van der Waals surface area contributed by atoms with Gasteiger partial charge in [0.05, 0.1) is 18.0 Å². The number of para-hydroxylation sites is 1. The monoisotopic (exact) mass is 602 g/mol. The number of rotatable bonds is 8. The minimum Gasteiger partial charge on any atom is -0.491 e. The maximum atomic E-state index is 13.5. The number of benzene rings is 3. The van der Waals surface area contributed by atoms with Crippen LogP contribution in [0.1, 0.15) is 48.2 Å². The number of hydrogen-bond acceptors (Lipinski definition) is 5. The maximum absolute atomic E-state index is 13.5. The normalized spacial score (nSPS) is 19.5. The zero-order valence-electron chi connectivity index (χ0n) is 25.0. The SMILES string of the molecule is CC(C)C[C@@H]1NC(=O)C[C@@H](C(=O)NCCc2ccc(F)cc2)NC(=O)c2ccccc2OC[C@@H](Cc2ccccc2)NC1=O. The summed E-state index contributed by atoms with van der Waals surface area (Å²) in [6.07, 6.45) is 0.895. The van der Waals surface area contributed by atoms with E-state index in [4.69, 9.17) is 4.74 Å². The number of nitrogens with one attached hydrogen (secondary N) is 4. The van der Waals surface area contributed by atoms with Crippen molar-refractivity contribution in [2.75, 3.05) is 13.2 Å². The Kier molecular flexibility index (Phi) is 11.5. The Balaban J connectivity index is 1.57. The molecule has 9 nitrogen and oxygen atoms in total. The van der Waals surface area contributed by atoms with Crippen LogP contribution in [0.25, 0.3) is 0 Å². The van der Waals surface area contributed by atoms with Crippen LogP contribution >= 0.6 is 0 Å². The summed E-state index contributed by atoms with van der Waals surface area (Å²) in [6, 6.07) is 19.7. The summed E-state index contributed by atoms with van der Waals surface area (Å²) in [5.41, 5.74) is 2.00. The second-order valence-corrected chi connectivity index (χ2v) is 11.3. The molecule has 10 heteroatoms. The Morgan fingerprint density at radius 2 is 1.61 bits per heavy atom. The van der Waals surface area contributed by atoms with Crippen molar-refractivity contribution in [1.29, 1.82) is 0 Å². The van der Waals surface area contributed by atoms with Crippen molar-refractivity contribution in [3.05, 3.63) is 101 Å². The van der Waals surface area contributed by atoms with Crippen molar-refractivity contribution < 1.29 is 28.3 Å². The quantitative estimate of drug-likeness (QED) is 0.315. The average molecular weight is 603 g/mol. The molecule has 4 amide bonds. The van der Waals surface area contributed by atoms with Crippen LogP contribution in [0.4, 0.5) is 4.39 Å². The van der Waals surface area contributed by atoms with Gasteiger partial charge >= 0.3 is 0 Å². The van der Waals surface area contributed by atoms with E-state index in [1.165, 1.54) is 12.1 Å². The van der Waals surface area contributed by atoms with Gasteiger partial charge in [0.25, 0.3) is 5.91 Å². The third-order valence-electron chi connectivity index (χ3n) is 7.24. The van der Waals surface area contributed by atoms with Gasteiger partial charge in [-0.05, 0) is 60.6 Å². The molecule has 1 aliphatic rings. The van der Waals surface area contributed by atoms with Crippen molar-refractivity contribution in [3.63, 3.8) is 0 Å². The molecule has 1 aliphatic heterocycles. The molecule has 0 bridgehead atoms. The number of carbonyl (C=O) groups is 4. The van der Waals surface area contributed by atoms with Gasteiger partial charge in [-0.1, -0.05) is 68.4 Å². The molecule has 3 aromatic rings. The Bertz CT molecular complexity index is 1430. The summed E-state index contributed by atoms with van der Waals surface area (Å²) in [7, 11) is 0. The molecule has 0 fully saturated rings. The minimum absolute atomic E-state index is 0.0700. The highest BCUT2D eigenvalue weighted by Crippen LogP contribution is 2.20. The van der Waals surface area contributed by atoms with Crippen LogP contribution in [-0.2, 0) is 27.2 Å². The van der Waals surface area contributed by atoms with Crippen LogP contribution < -0.4 is 26.0 Å². The van der Waals surface area contributed by atoms with Gasteiger partial charge in [0.1, 0.15) is 30.3 Å². The van der Waals surface area contributed by atoms with E-state index in [-0.39, 0.29) is 48.5 Å². The van der Waals surface area contributed by atoms with Crippen LogP contribution in [0.3, 0.4) is 0 Å². The smallest absolute Gasteiger partial charge is 0.255 e. The molecule has 3 atom stereocenters. The molecule has 4 rings (SSSR count). The lowest BCUT2D eigenvalue weighted by Crippen LogP contribution is -2.54. The molecular formula is C34H39FN4O5. The average Bonchev–Trinajstić information content (AvgIpc) is 3.00. The van der Waals surface area contributed by atoms with Gasteiger partial charge in [0.2, 0.25) is 17.7 Å². The van der Waals surface area contributed by atoms with Gasteiger partial charge in [-0.15, -0.1) is 0 Å². The standard InChI is InChI=1S/C34H39FN4O5/c1-22(2)18-28-34(43)37-26(19-24-8-4-3-5-9-24)21-44-30-11-7-6-10-27(30)32(41)39-29(20-31(40)38-28)33(42)36-17-16-23-12-14-25(35)15-13-23/h3-15,22,26,28-29H,16-21H2,1-2H3,(H,36,42)(H,37,43)(H,38,40)(H,39,41)/t26-,28+,29+/m1/s1. The summed E-state index contributed by atoms with van der Waals surface area (Å²) in [5, 5.41) is 11.3. The Hall–Kier alpha value is -4.73. The number of carbonyl (C=O) groups excluding carboxylic acids is 4. The molecular weight excluding hydrogens is 563 g/mol. The van der Waals surface area contributed by atoms with Gasteiger partial charge in [-0.2, -0.15) is 0 Å². The fourth-order valence-electron chi connectivity index (χ4n) is 5.01. The van der Waals surface area contributed by atoms with E-state index < -0.39 is 35.8 Å². The molecule has 4 N–H and O–H groups in total. The first-order chi connectivity index (χ1) is 21.2. The summed E-state index contributed by atoms with van der Waals surface area (Å²) >= 11 is 0. The van der Waals surface area contributed by atoms with Gasteiger partial charge in [0, 0.05) is 6.54 Å². The number of fused-ring (bicyclic) bond motifs is 1. The second kappa shape index (κ2) is 15.7. The zero-order valence-corrected chi connectivity index (χ0v) is 25.0. The molecule has 0 aliphatic carbocycles. The van der Waals surface area contributed by atoms with Crippen molar-refractivity contribution in [3.8, 4) is 5.75 Å². The molecule has 3 aromatic carbocycles. The van der Waals surface area contributed by atoms with Crippen LogP contribution in [0.15, 0.2) is 78.9 Å². The van der Waals surface area contributed by atoms with E-state index in [1.54, 1.807) is 36.4 Å². The van der Waals surface area contributed by atoms with Gasteiger partial charge in [-0.25, -0.2) is 4.39 Å². The summed E-state index contributed by atoms with van der Waals surface area (Å²) in [5.74, 6) is -2.02. The highest BCUT2D eigenvalue weighted by atomic mass is 19.1. The van der Waals surface area contributed by atoms with Crippen LogP contribution in [0, 0.1) is 11.7 Å². The minimum atomic E-state index is -1.22. The highest BCUT2D eigenvalue weighted by molar-refractivity contribution is 6.01. The number of halogens is 1. The van der Waals surface area contributed by atoms with Crippen molar-refractivity contribution in [2.24, 2.45) is 5.92 Å². The molecule has 0 saturated heterocycles. The Morgan fingerprint density at radius 1 is 0.909 bits per heavy atom. The first-order valence-corrected chi connectivity index (χ1v) is 14.9. The van der Waals surface area contributed by atoms with Crippen LogP contribution in [-0.4, -0.2) is 54.9 Å². The topological polar surface area (TPSA) is 126 Å². The lowest BCUT2D eigenvalue weighted by molar-refractivity contribution is -0.131. The summed E-state index contributed by atoms with van der Waals surface area (Å²) < 4.78 is 19.3. The highest BCUT2D eigenvalue weighted by Gasteiger charge is 2.30. The molecule has 0 spiro atoms. The second-order valence-electron chi connectivity index (χ2n) is 11.3. The molecule has 1 heterocycles. The van der Waals surface area contributed by atoms with Gasteiger partial charge in [0.15, 0.2) is 0 Å². The zero-order chi connectivity index (χ0) is 31.5. The largest absolute Gasteiger partial charge is 0.491 e. The first kappa shape index (κ1) is 32.2. The van der Waals surface area contributed by atoms with Crippen molar-refractivity contribution >= 4 is 23.6 Å². The summed E-state index contributed by atoms with van der Waals surface area (Å²) in [6.45, 7) is 4.17. The van der Waals surface area contributed by atoms with E-state index in [0.29, 0.717) is 19.3 Å². The van der Waals surface area contributed by atoms with E-state index in [9.17, 15) is 23.6 Å². The lowest BCUT2D eigenvalue weighted by Gasteiger charge is -2.27. The molecule has 0 saturated carbocycles. The predicted molar refractivity (Wildman–Crippen MR) is 164 cm³/mol. The maximum Gasteiger partial charge on any atom is 0.255 e. The third kappa shape index (κ3) is 9.65. The number of hydrogen-bond donors (Lipinski definition) is 4. The molecule has 0 radical (unpaired) electrons. The van der Waals surface area contributed by atoms with Gasteiger partial charge in [-0.3, -0.25) is 19.2 Å². The Labute approximate surface area is 257 Å². The van der Waals surface area contributed by atoms with E-state index in [1.807, 2.05) is 44.2 Å². The van der Waals surface area contributed by atoms with E-state index >= 15 is 0 Å². The fraction of sp³-hybridized carbons (Fsp3) is 0.353. The predicted octanol–water partition coefficient (Wildman–Crippen LogP) is 3.32. The van der Waals surface area contributed by atoms with E-state index in [0.717, 1.165) is 11.1 Å². The van der Waals surface area contributed by atoms with E-state index in [2.05, 4.69) is 21.3 Å². The van der Waals surface area contributed by atoms with Crippen molar-refractivity contribution in [2.45, 2.75) is 57.7 Å². The summed E-state index contributed by atoms with van der Waals surface area (Å²) in [4.78, 5) is 53.5. The Morgan fingerprint density at radius 3 is 2.34 bits per heavy atom. The lowest BCUT2D eigenvalue weighted by atomic mass is 10.0. The molecule has 44 heavy (non-hydrogen) atoms. The molecule has 0 aromatic heterocycles. The van der Waals surface area contributed by atoms with Crippen LogP contribution in [0.2, 0.25) is 0 Å². The number of amides is 4.